The van der Waals surface area contributed by atoms with Gasteiger partial charge in [-0.2, -0.15) is 0 Å². The van der Waals surface area contributed by atoms with Gasteiger partial charge in [-0.25, -0.2) is 9.59 Å². The number of carbonyl (C=O) groups excluding carboxylic acids is 5. The summed E-state index contributed by atoms with van der Waals surface area (Å²) >= 11 is 0. The molecule has 2 aromatic rings. The van der Waals surface area contributed by atoms with E-state index < -0.39 is 23.6 Å². The van der Waals surface area contributed by atoms with E-state index in [4.69, 9.17) is 4.74 Å². The van der Waals surface area contributed by atoms with Crippen LogP contribution in [0.1, 0.15) is 110 Å². The number of rotatable bonds is 12. The molecular formula is C38H56N6O7. The van der Waals surface area contributed by atoms with Crippen molar-refractivity contribution in [3.63, 3.8) is 0 Å². The second-order valence-electron chi connectivity index (χ2n) is 16.1. The number of ether oxygens (including phenoxy) is 1. The van der Waals surface area contributed by atoms with Crippen LogP contribution in [0.4, 0.5) is 4.79 Å². The number of likely N-dealkylation sites (tertiary alicyclic amines) is 1. The molecular weight excluding hydrogens is 652 g/mol. The molecule has 1 aromatic carbocycles. The Balaban J connectivity index is 1.18. The Labute approximate surface area is 300 Å². The number of imidazole rings is 1. The van der Waals surface area contributed by atoms with Crippen LogP contribution in [0, 0.1) is 11.8 Å². The number of amides is 5. The Morgan fingerprint density at radius 2 is 1.75 bits per heavy atom. The lowest BCUT2D eigenvalue weighted by Crippen LogP contribution is -2.47. The fraction of sp³-hybridized carbons (Fsp3) is 0.684. The molecule has 2 aliphatic heterocycles. The third-order valence-electron chi connectivity index (χ3n) is 10.9. The van der Waals surface area contributed by atoms with Gasteiger partial charge >= 0.3 is 11.8 Å². The molecule has 5 rings (SSSR count). The van der Waals surface area contributed by atoms with Gasteiger partial charge in [0.1, 0.15) is 11.6 Å². The highest BCUT2D eigenvalue weighted by atomic mass is 16.6. The molecule has 3 aliphatic rings. The lowest BCUT2D eigenvalue weighted by atomic mass is 9.78. The number of nitrogens with one attached hydrogen (secondary N) is 2. The Hall–Kier alpha value is -4.16. The van der Waals surface area contributed by atoms with Crippen molar-refractivity contribution in [2.24, 2.45) is 18.9 Å². The Kier molecular flexibility index (Phi) is 12.0. The van der Waals surface area contributed by atoms with E-state index in [0.29, 0.717) is 43.8 Å². The Bertz CT molecular complexity index is 1670. The van der Waals surface area contributed by atoms with E-state index in [0.717, 1.165) is 62.4 Å². The van der Waals surface area contributed by atoms with E-state index in [1.165, 1.54) is 4.57 Å². The molecule has 0 radical (unpaired) electrons. The first-order valence-electron chi connectivity index (χ1n) is 18.7. The first-order valence-corrected chi connectivity index (χ1v) is 18.7. The van der Waals surface area contributed by atoms with E-state index in [9.17, 15) is 28.8 Å². The van der Waals surface area contributed by atoms with Crippen LogP contribution >= 0.6 is 0 Å². The number of imide groups is 1. The van der Waals surface area contributed by atoms with Crippen LogP contribution in [-0.4, -0.2) is 86.0 Å². The summed E-state index contributed by atoms with van der Waals surface area (Å²) in [5.41, 5.74) is 1.68. The molecule has 5 amide bonds. The topological polar surface area (TPSA) is 152 Å². The molecule has 2 saturated heterocycles. The highest BCUT2D eigenvalue weighted by Gasteiger charge is 2.33. The SMILES string of the molecule is CC(CN(CCC1CCC(C)N1C=O)C(=O)CC1CCC(Cc2ccc3c(c2)n(C)c(=O)n3C2CCC(=O)NC2=O)CC1)NC(=O)OC(C)(C)C. The van der Waals surface area contributed by atoms with Gasteiger partial charge in [-0.05, 0) is 122 Å². The first-order chi connectivity index (χ1) is 24.1. The highest BCUT2D eigenvalue weighted by Crippen LogP contribution is 2.34. The molecule has 0 bridgehead atoms. The number of benzene rings is 1. The molecule has 1 saturated carbocycles. The minimum absolute atomic E-state index is 0.0758. The Morgan fingerprint density at radius 1 is 1.04 bits per heavy atom. The number of piperidine rings is 1. The van der Waals surface area contributed by atoms with Crippen molar-refractivity contribution in [2.75, 3.05) is 13.1 Å². The number of carbonyl (C=O) groups is 5. The van der Waals surface area contributed by atoms with Crippen molar-refractivity contribution in [3.8, 4) is 0 Å². The molecule has 4 atom stereocenters. The summed E-state index contributed by atoms with van der Waals surface area (Å²) < 4.78 is 8.51. The third kappa shape index (κ3) is 9.39. The van der Waals surface area contributed by atoms with Gasteiger partial charge in [0.25, 0.3) is 0 Å². The molecule has 280 valence electrons. The Morgan fingerprint density at radius 3 is 2.41 bits per heavy atom. The van der Waals surface area contributed by atoms with Crippen LogP contribution in [0.15, 0.2) is 23.0 Å². The van der Waals surface area contributed by atoms with E-state index in [1.807, 2.05) is 55.7 Å². The van der Waals surface area contributed by atoms with Crippen LogP contribution in [0.25, 0.3) is 11.0 Å². The predicted molar refractivity (Wildman–Crippen MR) is 193 cm³/mol. The van der Waals surface area contributed by atoms with E-state index in [-0.39, 0.29) is 48.0 Å². The van der Waals surface area contributed by atoms with Gasteiger partial charge in [0.2, 0.25) is 24.1 Å². The maximum atomic E-state index is 13.8. The molecule has 51 heavy (non-hydrogen) atoms. The van der Waals surface area contributed by atoms with Gasteiger partial charge in [0, 0.05) is 51.1 Å². The first kappa shape index (κ1) is 38.1. The average molecular weight is 709 g/mol. The minimum Gasteiger partial charge on any atom is -0.444 e. The van der Waals surface area contributed by atoms with E-state index in [2.05, 4.69) is 17.6 Å². The van der Waals surface area contributed by atoms with E-state index in [1.54, 1.807) is 11.6 Å². The zero-order chi connectivity index (χ0) is 37.0. The van der Waals surface area contributed by atoms with Crippen molar-refractivity contribution < 1.29 is 28.7 Å². The summed E-state index contributed by atoms with van der Waals surface area (Å²) in [5.74, 6) is 0.0480. The molecule has 4 unspecified atom stereocenters. The van der Waals surface area contributed by atoms with Gasteiger partial charge in [-0.1, -0.05) is 6.07 Å². The van der Waals surface area contributed by atoms with Crippen LogP contribution in [0.2, 0.25) is 0 Å². The van der Waals surface area contributed by atoms with E-state index >= 15 is 0 Å². The number of alkyl carbamates (subject to hydrolysis) is 1. The normalized spacial score (nSPS) is 24.7. The number of hydrogen-bond acceptors (Lipinski definition) is 7. The predicted octanol–water partition coefficient (Wildman–Crippen LogP) is 4.20. The largest absolute Gasteiger partial charge is 0.444 e. The van der Waals surface area contributed by atoms with Crippen LogP contribution < -0.4 is 16.3 Å². The monoisotopic (exact) mass is 708 g/mol. The molecule has 3 heterocycles. The van der Waals surface area contributed by atoms with Crippen molar-refractivity contribution in [2.45, 2.75) is 135 Å². The van der Waals surface area contributed by atoms with Crippen LogP contribution in [-0.2, 0) is 37.4 Å². The highest BCUT2D eigenvalue weighted by molar-refractivity contribution is 6.00. The maximum absolute atomic E-state index is 13.8. The second-order valence-corrected chi connectivity index (χ2v) is 16.1. The smallest absolute Gasteiger partial charge is 0.407 e. The number of fused-ring (bicyclic) bond motifs is 1. The zero-order valence-electron chi connectivity index (χ0n) is 31.1. The lowest BCUT2D eigenvalue weighted by molar-refractivity contribution is -0.136. The fourth-order valence-electron chi connectivity index (χ4n) is 8.20. The summed E-state index contributed by atoms with van der Waals surface area (Å²) in [6, 6.07) is 5.27. The summed E-state index contributed by atoms with van der Waals surface area (Å²) in [4.78, 5) is 79.2. The summed E-state index contributed by atoms with van der Waals surface area (Å²) in [5, 5.41) is 5.23. The number of nitrogens with zero attached hydrogens (tertiary/aromatic N) is 4. The molecule has 13 heteroatoms. The lowest BCUT2D eigenvalue weighted by Gasteiger charge is -2.33. The summed E-state index contributed by atoms with van der Waals surface area (Å²) in [7, 11) is 1.71. The van der Waals surface area contributed by atoms with Gasteiger partial charge in [-0.15, -0.1) is 0 Å². The fourth-order valence-corrected chi connectivity index (χ4v) is 8.20. The maximum Gasteiger partial charge on any atom is 0.407 e. The molecule has 0 spiro atoms. The molecule has 1 aliphatic carbocycles. The third-order valence-corrected chi connectivity index (χ3v) is 10.9. The standard InChI is InChI=1S/C38H56N6O7/c1-24(39-36(49)51-38(3,4)5)22-42(18-17-29-13-7-25(2)43(29)23-45)34(47)21-27-10-8-26(9-11-27)19-28-12-14-30-32(20-28)41(6)37(50)44(30)31-15-16-33(46)40-35(31)48/h12,14,20,23-27,29,31H,7-11,13,15-19,21-22H2,1-6H3,(H,39,49)(H,40,46,48). The van der Waals surface area contributed by atoms with Crippen LogP contribution in [0.5, 0.6) is 0 Å². The second kappa shape index (κ2) is 16.0. The number of aryl methyl sites for hydroxylation is 1. The van der Waals surface area contributed by atoms with Gasteiger partial charge < -0.3 is 19.9 Å². The molecule has 13 nitrogen and oxygen atoms in total. The minimum atomic E-state index is -0.708. The van der Waals surface area contributed by atoms with Crippen molar-refractivity contribution in [1.29, 1.82) is 0 Å². The molecule has 2 N–H and O–H groups in total. The molecule has 3 fully saturated rings. The summed E-state index contributed by atoms with van der Waals surface area (Å²) in [6.45, 7) is 10.3. The van der Waals surface area contributed by atoms with Crippen molar-refractivity contribution in [3.05, 3.63) is 34.2 Å². The van der Waals surface area contributed by atoms with Crippen molar-refractivity contribution >= 4 is 41.3 Å². The van der Waals surface area contributed by atoms with Gasteiger partial charge in [0.05, 0.1) is 11.0 Å². The summed E-state index contributed by atoms with van der Waals surface area (Å²) in [6.07, 6.45) is 8.70. The molecule has 1 aromatic heterocycles. The average Bonchev–Trinajstić information content (AvgIpc) is 3.53. The van der Waals surface area contributed by atoms with Crippen molar-refractivity contribution in [1.82, 2.24) is 29.6 Å². The van der Waals surface area contributed by atoms with Crippen LogP contribution in [0.3, 0.4) is 0 Å². The zero-order valence-corrected chi connectivity index (χ0v) is 31.1. The quantitative estimate of drug-likeness (QED) is 0.248. The number of hydrogen-bond donors (Lipinski definition) is 2. The van der Waals surface area contributed by atoms with Gasteiger partial charge in [0.15, 0.2) is 0 Å². The van der Waals surface area contributed by atoms with Gasteiger partial charge in [-0.3, -0.25) is 33.6 Å². The number of aromatic nitrogens is 2.